The molecule has 62 heavy (non-hydrogen) atoms. The van der Waals surface area contributed by atoms with Crippen LogP contribution in [0.2, 0.25) is 0 Å². The Hall–Kier alpha value is -5.93. The Labute approximate surface area is 351 Å². The van der Waals surface area contributed by atoms with Gasteiger partial charge in [-0.1, -0.05) is 54.6 Å². The number of piperidine rings is 1. The van der Waals surface area contributed by atoms with Crippen LogP contribution in [0.1, 0.15) is 55.8 Å². The van der Waals surface area contributed by atoms with Gasteiger partial charge in [0.25, 0.3) is 0 Å². The van der Waals surface area contributed by atoms with Gasteiger partial charge in [0.15, 0.2) is 0 Å². The molecular formula is C41H47F6N5O10. The van der Waals surface area contributed by atoms with E-state index < -0.39 is 36.5 Å². The Bertz CT molecular complexity index is 1990. The monoisotopic (exact) mass is 883 g/mol. The zero-order valence-electron chi connectivity index (χ0n) is 33.1. The molecule has 1 aliphatic carbocycles. The molecule has 2 heterocycles. The molecule has 21 heteroatoms. The third-order valence-corrected chi connectivity index (χ3v) is 10.2. The number of benzene rings is 3. The highest BCUT2D eigenvalue weighted by molar-refractivity contribution is 5.96. The number of carbonyl (C=O) groups excluding carboxylic acids is 3. The minimum atomic E-state index is -5.08. The first-order valence-corrected chi connectivity index (χ1v) is 19.5. The number of aliphatic hydroxyl groups is 1. The second kappa shape index (κ2) is 22.2. The predicted octanol–water partition coefficient (Wildman–Crippen LogP) is 5.83. The number of aliphatic carboxylic acids is 2. The number of carboxylic acids is 2. The molecule has 0 radical (unpaired) electrons. The third-order valence-electron chi connectivity index (χ3n) is 10.2. The van der Waals surface area contributed by atoms with Crippen LogP contribution >= 0.6 is 0 Å². The number of nitrogens with zero attached hydrogens (tertiary/aromatic N) is 1. The van der Waals surface area contributed by atoms with Gasteiger partial charge in [-0.3, -0.25) is 14.9 Å². The number of halogens is 6. The van der Waals surface area contributed by atoms with Gasteiger partial charge in [-0.25, -0.2) is 14.4 Å². The van der Waals surface area contributed by atoms with Crippen molar-refractivity contribution in [3.05, 3.63) is 77.9 Å². The number of phenols is 1. The maximum absolute atomic E-state index is 12.9. The smallest absolute Gasteiger partial charge is 0.490 e. The zero-order valence-corrected chi connectivity index (χ0v) is 33.1. The normalized spacial score (nSPS) is 18.3. The van der Waals surface area contributed by atoms with E-state index in [1.54, 1.807) is 6.07 Å². The number of hydrogen-bond acceptors (Lipinski definition) is 10. The number of carboxylic acid groups (broad SMARTS) is 2. The van der Waals surface area contributed by atoms with E-state index in [1.807, 2.05) is 54.6 Å². The fourth-order valence-electron chi connectivity index (χ4n) is 7.09. The van der Waals surface area contributed by atoms with Crippen molar-refractivity contribution in [3.63, 3.8) is 0 Å². The first-order valence-electron chi connectivity index (χ1n) is 19.5. The molecule has 338 valence electrons. The summed E-state index contributed by atoms with van der Waals surface area (Å²) in [4.78, 5) is 57.5. The van der Waals surface area contributed by atoms with Gasteiger partial charge in [0.2, 0.25) is 11.8 Å². The lowest BCUT2D eigenvalue weighted by molar-refractivity contribution is -0.193. The summed E-state index contributed by atoms with van der Waals surface area (Å²) in [6.45, 7) is 3.22. The third kappa shape index (κ3) is 14.9. The second-order valence-electron chi connectivity index (χ2n) is 14.6. The van der Waals surface area contributed by atoms with Gasteiger partial charge in [0, 0.05) is 56.7 Å². The molecule has 0 spiro atoms. The van der Waals surface area contributed by atoms with E-state index in [4.69, 9.17) is 24.5 Å². The molecule has 3 aromatic rings. The average molecular weight is 884 g/mol. The number of para-hydroxylation sites is 1. The van der Waals surface area contributed by atoms with Crippen LogP contribution in [-0.4, -0.2) is 112 Å². The molecule has 2 fully saturated rings. The minimum absolute atomic E-state index is 0.00615. The Morgan fingerprint density at radius 1 is 0.839 bits per heavy atom. The zero-order chi connectivity index (χ0) is 45.6. The standard InChI is InChI=1S/C37H45N5O6.2C2HF3O2/c43-32-14-12-29(30-13-15-34(45)41-35(30)32)33(44)23-39-26-11-10-25(22-26)36(46)38-18-21-42-19-16-27(17-20-42)48-37(47)40-31-9-5-4-8-28(31)24-6-2-1-3-7-24;2*3-2(4,5)1(6)7/h1-9,12,14,25-27,33,39,43-44H,10-11,13,15-23H2,(H,38,46)(H,40,47)(H,41,45);2*(H,6,7)/t25-,26+,33+;;/m1../s1. The molecule has 1 saturated heterocycles. The van der Waals surface area contributed by atoms with E-state index in [1.165, 1.54) is 6.07 Å². The van der Waals surface area contributed by atoms with Crippen molar-refractivity contribution in [3.8, 4) is 16.9 Å². The lowest BCUT2D eigenvalue weighted by atomic mass is 9.93. The van der Waals surface area contributed by atoms with Crippen molar-refractivity contribution < 1.29 is 75.5 Å². The van der Waals surface area contributed by atoms with Crippen molar-refractivity contribution in [1.82, 2.24) is 15.5 Å². The quantitative estimate of drug-likeness (QED) is 0.0841. The SMILES string of the molecule is O=C(O)C(F)(F)F.O=C(O)C(F)(F)F.O=C1CCc2c([C@@H](O)CN[C@H]3CC[C@@H](C(=O)NCCN4CCC(OC(=O)Nc5ccccc5-c5ccccc5)CC4)C3)ccc(O)c2N1. The van der Waals surface area contributed by atoms with Crippen LogP contribution in [0.15, 0.2) is 66.7 Å². The summed E-state index contributed by atoms with van der Waals surface area (Å²) < 4.78 is 69.2. The number of ether oxygens (including phenoxy) is 1. The fraction of sp³-hybridized carbons (Fsp3) is 0.439. The summed E-state index contributed by atoms with van der Waals surface area (Å²) >= 11 is 0. The van der Waals surface area contributed by atoms with Crippen molar-refractivity contribution in [1.29, 1.82) is 0 Å². The van der Waals surface area contributed by atoms with E-state index in [2.05, 4.69) is 26.2 Å². The Morgan fingerprint density at radius 2 is 1.45 bits per heavy atom. The maximum atomic E-state index is 12.9. The van der Waals surface area contributed by atoms with E-state index in [-0.39, 0.29) is 35.6 Å². The van der Waals surface area contributed by atoms with Gasteiger partial charge >= 0.3 is 30.4 Å². The molecule has 3 amide bonds. The molecular weight excluding hydrogens is 836 g/mol. The molecule has 0 bridgehead atoms. The molecule has 8 N–H and O–H groups in total. The molecule has 15 nitrogen and oxygen atoms in total. The number of aliphatic hydroxyl groups excluding tert-OH is 1. The minimum Gasteiger partial charge on any atom is -0.506 e. The second-order valence-corrected chi connectivity index (χ2v) is 14.6. The summed E-state index contributed by atoms with van der Waals surface area (Å²) in [5.41, 5.74) is 4.55. The number of likely N-dealkylation sites (tertiary alicyclic amines) is 1. The number of phenolic OH excluding ortho intramolecular Hbond substituents is 1. The van der Waals surface area contributed by atoms with Gasteiger partial charge in [-0.2, -0.15) is 26.3 Å². The van der Waals surface area contributed by atoms with Gasteiger partial charge in [0.05, 0.1) is 17.5 Å². The summed E-state index contributed by atoms with van der Waals surface area (Å²) in [5, 5.41) is 47.5. The van der Waals surface area contributed by atoms with Crippen molar-refractivity contribution in [2.45, 2.75) is 75.5 Å². The largest absolute Gasteiger partial charge is 0.506 e. The highest BCUT2D eigenvalue weighted by Gasteiger charge is 2.39. The number of alkyl halides is 6. The lowest BCUT2D eigenvalue weighted by Crippen LogP contribution is -2.43. The van der Waals surface area contributed by atoms with E-state index in [9.17, 15) is 50.9 Å². The Kier molecular flexibility index (Phi) is 17.5. The summed E-state index contributed by atoms with van der Waals surface area (Å²) in [5.74, 6) is -5.66. The molecule has 1 saturated carbocycles. The molecule has 3 aliphatic rings. The lowest BCUT2D eigenvalue weighted by Gasteiger charge is -2.31. The molecule has 3 aromatic carbocycles. The van der Waals surface area contributed by atoms with Gasteiger partial charge in [-0.05, 0) is 67.3 Å². The number of carbonyl (C=O) groups is 5. The van der Waals surface area contributed by atoms with Crippen LogP contribution in [0.5, 0.6) is 5.75 Å². The van der Waals surface area contributed by atoms with Gasteiger partial charge in [-0.15, -0.1) is 0 Å². The summed E-state index contributed by atoms with van der Waals surface area (Å²) in [6.07, 6.45) is -6.92. The Morgan fingerprint density at radius 3 is 2.08 bits per heavy atom. The number of hydrogen-bond donors (Lipinski definition) is 8. The molecule has 2 aliphatic heterocycles. The summed E-state index contributed by atoms with van der Waals surface area (Å²) in [6, 6.07) is 21.0. The number of nitrogens with one attached hydrogen (secondary N) is 4. The average Bonchev–Trinajstić information content (AvgIpc) is 3.71. The van der Waals surface area contributed by atoms with Crippen LogP contribution < -0.4 is 21.3 Å². The van der Waals surface area contributed by atoms with Gasteiger partial charge < -0.3 is 46.0 Å². The Balaban J connectivity index is 0.000000521. The van der Waals surface area contributed by atoms with Gasteiger partial charge in [0.1, 0.15) is 11.9 Å². The first kappa shape index (κ1) is 48.7. The molecule has 0 unspecified atom stereocenters. The highest BCUT2D eigenvalue weighted by atomic mass is 19.4. The molecule has 0 aromatic heterocycles. The van der Waals surface area contributed by atoms with Crippen molar-refractivity contribution in [2.24, 2.45) is 5.92 Å². The van der Waals surface area contributed by atoms with Crippen molar-refractivity contribution >= 4 is 41.2 Å². The van der Waals surface area contributed by atoms with E-state index in [0.29, 0.717) is 49.3 Å². The number of rotatable bonds is 11. The topological polar surface area (TPSA) is 227 Å². The number of fused-ring (bicyclic) bond motifs is 1. The van der Waals surface area contributed by atoms with Crippen molar-refractivity contribution in [2.75, 3.05) is 43.4 Å². The summed E-state index contributed by atoms with van der Waals surface area (Å²) in [7, 11) is 0. The molecule has 6 rings (SSSR count). The first-order chi connectivity index (χ1) is 29.2. The molecule has 3 atom stereocenters. The maximum Gasteiger partial charge on any atom is 0.490 e. The predicted molar refractivity (Wildman–Crippen MR) is 211 cm³/mol. The number of anilines is 2. The van der Waals surface area contributed by atoms with Crippen LogP contribution in [0, 0.1) is 5.92 Å². The van der Waals surface area contributed by atoms with Crippen LogP contribution in [0.3, 0.4) is 0 Å². The van der Waals surface area contributed by atoms with E-state index >= 15 is 0 Å². The number of amides is 3. The van der Waals surface area contributed by atoms with Crippen LogP contribution in [-0.2, 0) is 30.3 Å². The highest BCUT2D eigenvalue weighted by Crippen LogP contribution is 2.37. The van der Waals surface area contributed by atoms with E-state index in [0.717, 1.165) is 62.0 Å². The number of aromatic hydroxyl groups is 1. The van der Waals surface area contributed by atoms with Crippen LogP contribution in [0.25, 0.3) is 11.1 Å². The fourth-order valence-corrected chi connectivity index (χ4v) is 7.09. The van der Waals surface area contributed by atoms with Crippen LogP contribution in [0.4, 0.5) is 42.5 Å².